The molecule has 0 aliphatic carbocycles. The Hall–Kier alpha value is -2.03. The molecule has 0 aliphatic rings. The van der Waals surface area contributed by atoms with Crippen molar-refractivity contribution in [1.82, 2.24) is 15.6 Å². The van der Waals surface area contributed by atoms with Crippen molar-refractivity contribution in [2.24, 2.45) is 4.99 Å². The Bertz CT molecular complexity index is 681. The molecule has 6 nitrogen and oxygen atoms in total. The largest absolute Gasteiger partial charge is 0.481 e. The van der Waals surface area contributed by atoms with Gasteiger partial charge in [0.05, 0.1) is 7.11 Å². The van der Waals surface area contributed by atoms with Gasteiger partial charge in [-0.05, 0) is 37.1 Å². The Labute approximate surface area is 179 Å². The number of aromatic nitrogens is 1. The minimum absolute atomic E-state index is 0. The highest BCUT2D eigenvalue weighted by atomic mass is 127. The number of anilines is 1. The van der Waals surface area contributed by atoms with Gasteiger partial charge in [-0.2, -0.15) is 0 Å². The van der Waals surface area contributed by atoms with E-state index < -0.39 is 0 Å². The molecule has 148 valence electrons. The highest BCUT2D eigenvalue weighted by Crippen LogP contribution is 2.12. The number of benzene rings is 1. The van der Waals surface area contributed by atoms with Gasteiger partial charge in [-0.3, -0.25) is 4.99 Å². The van der Waals surface area contributed by atoms with Gasteiger partial charge >= 0.3 is 0 Å². The highest BCUT2D eigenvalue weighted by molar-refractivity contribution is 14.0. The minimum Gasteiger partial charge on any atom is -0.481 e. The first-order valence-electron chi connectivity index (χ1n) is 9.00. The van der Waals surface area contributed by atoms with E-state index in [1.807, 2.05) is 18.2 Å². The molecule has 0 amide bonds. The summed E-state index contributed by atoms with van der Waals surface area (Å²) in [6.45, 7) is 5.73. The van der Waals surface area contributed by atoms with Crippen molar-refractivity contribution in [3.8, 4) is 5.88 Å². The molecule has 27 heavy (non-hydrogen) atoms. The van der Waals surface area contributed by atoms with E-state index in [1.54, 1.807) is 20.4 Å². The number of hydrogen-bond donors (Lipinski definition) is 2. The first kappa shape index (κ1) is 23.0. The van der Waals surface area contributed by atoms with E-state index in [0.29, 0.717) is 12.4 Å². The number of aliphatic imine (C=N–C) groups is 1. The summed E-state index contributed by atoms with van der Waals surface area (Å²) in [5, 5.41) is 6.68. The lowest BCUT2D eigenvalue weighted by Gasteiger charge is -2.23. The summed E-state index contributed by atoms with van der Waals surface area (Å²) in [4.78, 5) is 10.8. The Kier molecular flexibility index (Phi) is 11.2. The predicted molar refractivity (Wildman–Crippen MR) is 123 cm³/mol. The highest BCUT2D eigenvalue weighted by Gasteiger charge is 2.04. The van der Waals surface area contributed by atoms with Crippen LogP contribution in [0, 0.1) is 0 Å². The quantitative estimate of drug-likeness (QED) is 0.248. The van der Waals surface area contributed by atoms with Crippen molar-refractivity contribution in [1.29, 1.82) is 0 Å². The van der Waals surface area contributed by atoms with Crippen molar-refractivity contribution < 1.29 is 4.74 Å². The van der Waals surface area contributed by atoms with Crippen molar-refractivity contribution in [3.05, 3.63) is 54.2 Å². The average Bonchev–Trinajstić information content (AvgIpc) is 2.71. The molecule has 0 spiro atoms. The lowest BCUT2D eigenvalue weighted by Crippen LogP contribution is -2.38. The van der Waals surface area contributed by atoms with E-state index >= 15 is 0 Å². The zero-order chi connectivity index (χ0) is 18.6. The van der Waals surface area contributed by atoms with Crippen LogP contribution in [-0.2, 0) is 6.54 Å². The number of ether oxygens (including phenoxy) is 1. The van der Waals surface area contributed by atoms with Crippen molar-refractivity contribution in [2.75, 3.05) is 38.7 Å². The second-order valence-electron chi connectivity index (χ2n) is 5.83. The van der Waals surface area contributed by atoms with Crippen LogP contribution in [0.25, 0.3) is 0 Å². The number of hydrogen-bond acceptors (Lipinski definition) is 4. The molecule has 0 fully saturated rings. The van der Waals surface area contributed by atoms with E-state index in [0.717, 1.165) is 37.6 Å². The van der Waals surface area contributed by atoms with E-state index in [2.05, 4.69) is 56.7 Å². The standard InChI is InChI=1S/C20H29N5O.HI/c1-4-25(18-9-6-5-7-10-18)14-8-12-23-20(21-2)24-16-17-11-13-22-19(15-17)26-3;/h5-7,9-11,13,15H,4,8,12,14,16H2,1-3H3,(H2,21,23,24);1H. The second-order valence-corrected chi connectivity index (χ2v) is 5.83. The molecule has 0 aliphatic heterocycles. The summed E-state index contributed by atoms with van der Waals surface area (Å²) in [5.74, 6) is 1.41. The number of nitrogens with zero attached hydrogens (tertiary/aromatic N) is 3. The predicted octanol–water partition coefficient (Wildman–Crippen LogP) is 3.29. The summed E-state index contributed by atoms with van der Waals surface area (Å²) in [6, 6.07) is 14.4. The molecule has 0 atom stereocenters. The molecule has 0 radical (unpaired) electrons. The van der Waals surface area contributed by atoms with Crippen molar-refractivity contribution >= 4 is 35.6 Å². The molecule has 0 unspecified atom stereocenters. The number of guanidine groups is 1. The second kappa shape index (κ2) is 13.2. The van der Waals surface area contributed by atoms with Gasteiger partial charge in [-0.1, -0.05) is 18.2 Å². The molecule has 7 heteroatoms. The van der Waals surface area contributed by atoms with Gasteiger partial charge < -0.3 is 20.3 Å². The van der Waals surface area contributed by atoms with Crippen LogP contribution < -0.4 is 20.3 Å². The van der Waals surface area contributed by atoms with Gasteiger partial charge in [0, 0.05) is 51.2 Å². The van der Waals surface area contributed by atoms with E-state index in [9.17, 15) is 0 Å². The molecule has 0 saturated carbocycles. The SMILES string of the molecule is CCN(CCCNC(=NC)NCc1ccnc(OC)c1)c1ccccc1.I. The van der Waals surface area contributed by atoms with Gasteiger partial charge in [-0.15, -0.1) is 24.0 Å². The van der Waals surface area contributed by atoms with Crippen molar-refractivity contribution in [2.45, 2.75) is 19.9 Å². The molecule has 0 saturated heterocycles. The lowest BCUT2D eigenvalue weighted by molar-refractivity contribution is 0.397. The van der Waals surface area contributed by atoms with Gasteiger partial charge in [-0.25, -0.2) is 4.98 Å². The first-order valence-corrected chi connectivity index (χ1v) is 9.00. The normalized spacial score (nSPS) is 10.7. The monoisotopic (exact) mass is 483 g/mol. The first-order chi connectivity index (χ1) is 12.8. The van der Waals surface area contributed by atoms with E-state index in [-0.39, 0.29) is 24.0 Å². The summed E-state index contributed by atoms with van der Waals surface area (Å²) in [5.41, 5.74) is 2.37. The average molecular weight is 483 g/mol. The molecule has 2 aromatic rings. The molecule has 1 aromatic carbocycles. The smallest absolute Gasteiger partial charge is 0.213 e. The van der Waals surface area contributed by atoms with Gasteiger partial charge in [0.1, 0.15) is 0 Å². The Morgan fingerprint density at radius 3 is 2.63 bits per heavy atom. The minimum atomic E-state index is 0. The molecule has 1 heterocycles. The van der Waals surface area contributed by atoms with Gasteiger partial charge in [0.2, 0.25) is 5.88 Å². The fourth-order valence-electron chi connectivity index (χ4n) is 2.66. The summed E-state index contributed by atoms with van der Waals surface area (Å²) < 4.78 is 5.15. The maximum Gasteiger partial charge on any atom is 0.213 e. The van der Waals surface area contributed by atoms with Crippen LogP contribution in [-0.4, -0.2) is 44.7 Å². The fraction of sp³-hybridized carbons (Fsp3) is 0.400. The summed E-state index contributed by atoms with van der Waals surface area (Å²) in [6.07, 6.45) is 2.78. The van der Waals surface area contributed by atoms with Gasteiger partial charge in [0.15, 0.2) is 5.96 Å². The van der Waals surface area contributed by atoms with Crippen LogP contribution in [0.5, 0.6) is 5.88 Å². The fourth-order valence-corrected chi connectivity index (χ4v) is 2.66. The van der Waals surface area contributed by atoms with E-state index in [1.165, 1.54) is 5.69 Å². The maximum absolute atomic E-state index is 5.15. The Morgan fingerprint density at radius 2 is 1.96 bits per heavy atom. The van der Waals surface area contributed by atoms with Crippen LogP contribution in [0.2, 0.25) is 0 Å². The van der Waals surface area contributed by atoms with Gasteiger partial charge in [0.25, 0.3) is 0 Å². The number of nitrogens with one attached hydrogen (secondary N) is 2. The molecule has 2 rings (SSSR count). The third-order valence-electron chi connectivity index (χ3n) is 4.09. The lowest BCUT2D eigenvalue weighted by atomic mass is 10.2. The Balaban J connectivity index is 0.00000364. The topological polar surface area (TPSA) is 61.8 Å². The summed E-state index contributed by atoms with van der Waals surface area (Å²) in [7, 11) is 3.40. The molecule has 0 bridgehead atoms. The zero-order valence-corrected chi connectivity index (χ0v) is 18.6. The third-order valence-corrected chi connectivity index (χ3v) is 4.09. The van der Waals surface area contributed by atoms with Crippen LogP contribution in [0.1, 0.15) is 18.9 Å². The van der Waals surface area contributed by atoms with Crippen LogP contribution >= 0.6 is 24.0 Å². The summed E-state index contributed by atoms with van der Waals surface area (Å²) >= 11 is 0. The number of halogens is 1. The Morgan fingerprint density at radius 1 is 1.19 bits per heavy atom. The van der Waals surface area contributed by atoms with E-state index in [4.69, 9.17) is 4.74 Å². The van der Waals surface area contributed by atoms with Crippen molar-refractivity contribution in [3.63, 3.8) is 0 Å². The number of para-hydroxylation sites is 1. The third kappa shape index (κ3) is 8.03. The molecular formula is C20H30IN5O. The van der Waals surface area contributed by atoms with Crippen LogP contribution in [0.3, 0.4) is 0 Å². The number of pyridine rings is 1. The van der Waals surface area contributed by atoms with Crippen LogP contribution in [0.4, 0.5) is 5.69 Å². The zero-order valence-electron chi connectivity index (χ0n) is 16.3. The number of methoxy groups -OCH3 is 1. The number of rotatable bonds is 9. The molecule has 1 aromatic heterocycles. The molecule has 2 N–H and O–H groups in total. The maximum atomic E-state index is 5.15. The van der Waals surface area contributed by atoms with Crippen LogP contribution in [0.15, 0.2) is 53.7 Å². The molecular weight excluding hydrogens is 453 g/mol.